The number of hydrogen-bond donors (Lipinski definition) is 0. The molecule has 0 fully saturated rings. The van der Waals surface area contributed by atoms with E-state index in [0.717, 1.165) is 17.2 Å². The first-order chi connectivity index (χ1) is 9.19. The number of ether oxygens (including phenoxy) is 2. The van der Waals surface area contributed by atoms with E-state index in [-0.39, 0.29) is 0 Å². The Balaban J connectivity index is 2.10. The van der Waals surface area contributed by atoms with Crippen molar-refractivity contribution in [3.63, 3.8) is 0 Å². The highest BCUT2D eigenvalue weighted by Gasteiger charge is 2.02. The van der Waals surface area contributed by atoms with Crippen molar-refractivity contribution in [3.8, 4) is 17.2 Å². The van der Waals surface area contributed by atoms with Crippen molar-refractivity contribution in [2.75, 3.05) is 6.61 Å². The summed E-state index contributed by atoms with van der Waals surface area (Å²) >= 11 is 0. The molecular formula is C17H20O2. The lowest BCUT2D eigenvalue weighted by atomic mass is 10.0. The normalized spacial score (nSPS) is 10.5. The van der Waals surface area contributed by atoms with E-state index < -0.39 is 0 Å². The van der Waals surface area contributed by atoms with Crippen LogP contribution in [0.5, 0.6) is 17.2 Å². The molecule has 0 unspecified atom stereocenters. The van der Waals surface area contributed by atoms with Crippen LogP contribution in [0.4, 0.5) is 0 Å². The Morgan fingerprint density at radius 2 is 1.58 bits per heavy atom. The molecule has 2 rings (SSSR count). The third-order valence-corrected chi connectivity index (χ3v) is 2.90. The van der Waals surface area contributed by atoms with E-state index in [9.17, 15) is 0 Å². The SMILES string of the molecule is CCOc1cccc(Oc2ccc(C(C)C)cc2)c1. The van der Waals surface area contributed by atoms with Gasteiger partial charge in [0, 0.05) is 6.07 Å². The fourth-order valence-corrected chi connectivity index (χ4v) is 1.85. The summed E-state index contributed by atoms with van der Waals surface area (Å²) in [4.78, 5) is 0. The zero-order chi connectivity index (χ0) is 13.7. The summed E-state index contributed by atoms with van der Waals surface area (Å²) in [7, 11) is 0. The van der Waals surface area contributed by atoms with E-state index in [4.69, 9.17) is 9.47 Å². The van der Waals surface area contributed by atoms with E-state index in [0.29, 0.717) is 12.5 Å². The molecule has 0 saturated heterocycles. The maximum absolute atomic E-state index is 5.82. The first-order valence-corrected chi connectivity index (χ1v) is 6.69. The molecule has 0 spiro atoms. The maximum Gasteiger partial charge on any atom is 0.131 e. The van der Waals surface area contributed by atoms with Crippen molar-refractivity contribution in [1.82, 2.24) is 0 Å². The van der Waals surface area contributed by atoms with Crippen LogP contribution in [0.2, 0.25) is 0 Å². The Labute approximate surface area is 115 Å². The Bertz CT molecular complexity index is 515. The fraction of sp³-hybridized carbons (Fsp3) is 0.294. The molecule has 0 aliphatic rings. The Morgan fingerprint density at radius 3 is 2.21 bits per heavy atom. The highest BCUT2D eigenvalue weighted by Crippen LogP contribution is 2.26. The molecule has 2 heteroatoms. The van der Waals surface area contributed by atoms with Crippen LogP contribution < -0.4 is 9.47 Å². The van der Waals surface area contributed by atoms with E-state index in [1.807, 2.05) is 43.3 Å². The Hall–Kier alpha value is -1.96. The first-order valence-electron chi connectivity index (χ1n) is 6.69. The first kappa shape index (κ1) is 13.5. The van der Waals surface area contributed by atoms with E-state index in [2.05, 4.69) is 26.0 Å². The predicted octanol–water partition coefficient (Wildman–Crippen LogP) is 5.00. The van der Waals surface area contributed by atoms with Gasteiger partial charge >= 0.3 is 0 Å². The summed E-state index contributed by atoms with van der Waals surface area (Å²) in [5, 5.41) is 0. The molecule has 0 aliphatic heterocycles. The molecule has 2 aromatic rings. The van der Waals surface area contributed by atoms with Crippen LogP contribution in [0, 0.1) is 0 Å². The average molecular weight is 256 g/mol. The van der Waals surface area contributed by atoms with Gasteiger partial charge in [-0.15, -0.1) is 0 Å². The quantitative estimate of drug-likeness (QED) is 0.749. The van der Waals surface area contributed by atoms with Gasteiger partial charge in [-0.1, -0.05) is 32.0 Å². The number of hydrogen-bond acceptors (Lipinski definition) is 2. The highest BCUT2D eigenvalue weighted by molar-refractivity contribution is 5.37. The second kappa shape index (κ2) is 6.28. The molecule has 0 bridgehead atoms. The van der Waals surface area contributed by atoms with Crippen LogP contribution in [0.1, 0.15) is 32.3 Å². The maximum atomic E-state index is 5.82. The third kappa shape index (κ3) is 3.75. The standard InChI is InChI=1S/C17H20O2/c1-4-18-16-6-5-7-17(12-16)19-15-10-8-14(9-11-15)13(2)3/h5-13H,4H2,1-3H3. The van der Waals surface area contributed by atoms with Crippen LogP contribution >= 0.6 is 0 Å². The molecule has 2 aromatic carbocycles. The van der Waals surface area contributed by atoms with Gasteiger partial charge in [0.05, 0.1) is 6.61 Å². The lowest BCUT2D eigenvalue weighted by Gasteiger charge is -2.10. The largest absolute Gasteiger partial charge is 0.494 e. The zero-order valence-electron chi connectivity index (χ0n) is 11.7. The van der Waals surface area contributed by atoms with Gasteiger partial charge in [-0.3, -0.25) is 0 Å². The van der Waals surface area contributed by atoms with Crippen LogP contribution in [0.3, 0.4) is 0 Å². The van der Waals surface area contributed by atoms with Crippen LogP contribution in [0.15, 0.2) is 48.5 Å². The van der Waals surface area contributed by atoms with Crippen molar-refractivity contribution < 1.29 is 9.47 Å². The molecule has 0 N–H and O–H groups in total. The molecule has 2 nitrogen and oxygen atoms in total. The molecule has 0 aliphatic carbocycles. The molecule has 0 heterocycles. The minimum atomic E-state index is 0.537. The smallest absolute Gasteiger partial charge is 0.131 e. The number of benzene rings is 2. The van der Waals surface area contributed by atoms with Crippen molar-refractivity contribution in [1.29, 1.82) is 0 Å². The summed E-state index contributed by atoms with van der Waals surface area (Å²) in [5.74, 6) is 3.01. The van der Waals surface area contributed by atoms with Crippen molar-refractivity contribution in [2.45, 2.75) is 26.7 Å². The Morgan fingerprint density at radius 1 is 0.895 bits per heavy atom. The van der Waals surface area contributed by atoms with Gasteiger partial charge in [0.25, 0.3) is 0 Å². The van der Waals surface area contributed by atoms with Gasteiger partial charge in [0.15, 0.2) is 0 Å². The van der Waals surface area contributed by atoms with Crippen molar-refractivity contribution in [2.24, 2.45) is 0 Å². The van der Waals surface area contributed by atoms with Crippen LogP contribution in [0.25, 0.3) is 0 Å². The summed E-state index contributed by atoms with van der Waals surface area (Å²) in [6.45, 7) is 6.99. The van der Waals surface area contributed by atoms with Gasteiger partial charge in [-0.05, 0) is 42.7 Å². The van der Waals surface area contributed by atoms with Gasteiger partial charge in [-0.25, -0.2) is 0 Å². The lowest BCUT2D eigenvalue weighted by Crippen LogP contribution is -1.92. The minimum Gasteiger partial charge on any atom is -0.494 e. The molecule has 0 atom stereocenters. The van der Waals surface area contributed by atoms with Crippen molar-refractivity contribution >= 4 is 0 Å². The van der Waals surface area contributed by atoms with E-state index >= 15 is 0 Å². The zero-order valence-corrected chi connectivity index (χ0v) is 11.7. The second-order valence-electron chi connectivity index (χ2n) is 4.73. The topological polar surface area (TPSA) is 18.5 Å². The van der Waals surface area contributed by atoms with Gasteiger partial charge in [0.2, 0.25) is 0 Å². The van der Waals surface area contributed by atoms with Crippen LogP contribution in [-0.4, -0.2) is 6.61 Å². The third-order valence-electron chi connectivity index (χ3n) is 2.90. The van der Waals surface area contributed by atoms with E-state index in [1.165, 1.54) is 5.56 Å². The fourth-order valence-electron chi connectivity index (χ4n) is 1.85. The molecule has 0 radical (unpaired) electrons. The van der Waals surface area contributed by atoms with Gasteiger partial charge < -0.3 is 9.47 Å². The highest BCUT2D eigenvalue weighted by atomic mass is 16.5. The summed E-state index contributed by atoms with van der Waals surface area (Å²) in [5.41, 5.74) is 1.32. The van der Waals surface area contributed by atoms with Crippen LogP contribution in [-0.2, 0) is 0 Å². The molecule has 19 heavy (non-hydrogen) atoms. The van der Waals surface area contributed by atoms with Gasteiger partial charge in [0.1, 0.15) is 17.2 Å². The lowest BCUT2D eigenvalue weighted by molar-refractivity contribution is 0.338. The number of rotatable bonds is 5. The van der Waals surface area contributed by atoms with Crippen molar-refractivity contribution in [3.05, 3.63) is 54.1 Å². The monoisotopic (exact) mass is 256 g/mol. The summed E-state index contributed by atoms with van der Waals surface area (Å²) < 4.78 is 11.3. The molecular weight excluding hydrogens is 236 g/mol. The second-order valence-corrected chi connectivity index (χ2v) is 4.73. The predicted molar refractivity (Wildman–Crippen MR) is 78.2 cm³/mol. The molecule has 0 amide bonds. The average Bonchev–Trinajstić information content (AvgIpc) is 2.40. The van der Waals surface area contributed by atoms with Gasteiger partial charge in [-0.2, -0.15) is 0 Å². The summed E-state index contributed by atoms with van der Waals surface area (Å²) in [6, 6.07) is 15.9. The molecule has 0 saturated carbocycles. The molecule has 100 valence electrons. The summed E-state index contributed by atoms with van der Waals surface area (Å²) in [6.07, 6.45) is 0. The Kier molecular flexibility index (Phi) is 4.45. The molecule has 0 aromatic heterocycles. The minimum absolute atomic E-state index is 0.537. The van der Waals surface area contributed by atoms with E-state index in [1.54, 1.807) is 0 Å².